The van der Waals surface area contributed by atoms with Gasteiger partial charge < -0.3 is 16.0 Å². The van der Waals surface area contributed by atoms with Crippen LogP contribution in [0.1, 0.15) is 6.42 Å². The Balaban J connectivity index is 1.81. The van der Waals surface area contributed by atoms with Crippen molar-refractivity contribution in [3.8, 4) is 0 Å². The molecule has 1 aliphatic rings. The molecule has 0 saturated heterocycles. The van der Waals surface area contributed by atoms with E-state index >= 15 is 0 Å². The molecule has 0 unspecified atom stereocenters. The van der Waals surface area contributed by atoms with Gasteiger partial charge in [-0.3, -0.25) is 14.9 Å². The zero-order valence-corrected chi connectivity index (χ0v) is 11.6. The molecule has 0 radical (unpaired) electrons. The fourth-order valence-corrected chi connectivity index (χ4v) is 2.06. The molecule has 0 aliphatic carbocycles. The molecule has 1 heterocycles. The number of nitrogens with one attached hydrogen (secondary N) is 3. The molecule has 0 saturated carbocycles. The van der Waals surface area contributed by atoms with Crippen LogP contribution in [0.15, 0.2) is 35.9 Å². The van der Waals surface area contributed by atoms with Gasteiger partial charge in [0.2, 0.25) is 5.91 Å². The summed E-state index contributed by atoms with van der Waals surface area (Å²) in [6.07, 6.45) is 3.00. The monoisotopic (exact) mass is 290 g/mol. The van der Waals surface area contributed by atoms with E-state index in [-0.39, 0.29) is 18.1 Å². The van der Waals surface area contributed by atoms with Crippen LogP contribution in [-0.2, 0) is 4.79 Å². The molecule has 7 nitrogen and oxygen atoms in total. The third kappa shape index (κ3) is 4.57. The summed E-state index contributed by atoms with van der Waals surface area (Å²) in [5.74, 6) is -0.187. The van der Waals surface area contributed by atoms with Crippen LogP contribution in [0.4, 0.5) is 11.4 Å². The highest BCUT2D eigenvalue weighted by Gasteiger charge is 2.13. The molecular formula is C14H18N4O3. The van der Waals surface area contributed by atoms with Gasteiger partial charge in [0.1, 0.15) is 5.69 Å². The number of rotatable bonds is 6. The Morgan fingerprint density at radius 1 is 1.38 bits per heavy atom. The van der Waals surface area contributed by atoms with Crippen molar-refractivity contribution in [3.05, 3.63) is 46.0 Å². The second-order valence-corrected chi connectivity index (χ2v) is 4.72. The lowest BCUT2D eigenvalue weighted by molar-refractivity contribution is -0.383. The van der Waals surface area contributed by atoms with E-state index in [0.717, 1.165) is 19.5 Å². The summed E-state index contributed by atoms with van der Waals surface area (Å²) in [7, 11) is 0. The Labute approximate surface area is 122 Å². The highest BCUT2D eigenvalue weighted by molar-refractivity contribution is 5.81. The second kappa shape index (κ2) is 7.39. The van der Waals surface area contributed by atoms with Crippen LogP contribution in [0, 0.1) is 10.1 Å². The Morgan fingerprint density at radius 3 is 2.90 bits per heavy atom. The zero-order chi connectivity index (χ0) is 15.1. The minimum Gasteiger partial charge on any atom is -0.371 e. The van der Waals surface area contributed by atoms with E-state index in [1.54, 1.807) is 18.2 Å². The predicted octanol–water partition coefficient (Wildman–Crippen LogP) is 1.04. The maximum atomic E-state index is 11.8. The van der Waals surface area contributed by atoms with Crippen molar-refractivity contribution >= 4 is 17.3 Å². The molecule has 3 N–H and O–H groups in total. The number of para-hydroxylation sites is 2. The van der Waals surface area contributed by atoms with Gasteiger partial charge in [0, 0.05) is 19.2 Å². The summed E-state index contributed by atoms with van der Waals surface area (Å²) in [4.78, 5) is 22.1. The molecular weight excluding hydrogens is 272 g/mol. The molecule has 0 aromatic heterocycles. The lowest BCUT2D eigenvalue weighted by Gasteiger charge is -2.14. The number of amides is 1. The lowest BCUT2D eigenvalue weighted by atomic mass is 10.1. The first kappa shape index (κ1) is 15.0. The van der Waals surface area contributed by atoms with Crippen LogP contribution in [0.25, 0.3) is 0 Å². The molecule has 1 aromatic rings. The second-order valence-electron chi connectivity index (χ2n) is 4.72. The van der Waals surface area contributed by atoms with Crippen LogP contribution in [0.2, 0.25) is 0 Å². The van der Waals surface area contributed by atoms with Gasteiger partial charge in [0.15, 0.2) is 0 Å². The largest absolute Gasteiger partial charge is 0.371 e. The van der Waals surface area contributed by atoms with Crippen LogP contribution in [0.3, 0.4) is 0 Å². The van der Waals surface area contributed by atoms with Crippen LogP contribution in [0.5, 0.6) is 0 Å². The summed E-state index contributed by atoms with van der Waals surface area (Å²) < 4.78 is 0. The van der Waals surface area contributed by atoms with Gasteiger partial charge in [0.05, 0.1) is 11.5 Å². The van der Waals surface area contributed by atoms with Gasteiger partial charge in [0.25, 0.3) is 5.69 Å². The first-order valence-corrected chi connectivity index (χ1v) is 6.79. The number of nitro benzene ring substituents is 1. The minimum atomic E-state index is -0.472. The van der Waals surface area contributed by atoms with Crippen molar-refractivity contribution in [2.24, 2.45) is 0 Å². The van der Waals surface area contributed by atoms with Gasteiger partial charge in [-0.1, -0.05) is 23.8 Å². The number of hydrogen-bond acceptors (Lipinski definition) is 5. The SMILES string of the molecule is O=C(CNc1ccccc1[N+](=O)[O-])NCC1=CCNCC1. The summed E-state index contributed by atoms with van der Waals surface area (Å²) >= 11 is 0. The first-order chi connectivity index (χ1) is 10.2. The highest BCUT2D eigenvalue weighted by atomic mass is 16.6. The van der Waals surface area contributed by atoms with E-state index in [0.29, 0.717) is 12.2 Å². The molecule has 1 aliphatic heterocycles. The van der Waals surface area contributed by atoms with Crippen LogP contribution in [-0.4, -0.2) is 37.0 Å². The predicted molar refractivity (Wildman–Crippen MR) is 80.2 cm³/mol. The average molecular weight is 290 g/mol. The summed E-state index contributed by atoms with van der Waals surface area (Å²) in [5.41, 5.74) is 1.51. The van der Waals surface area contributed by atoms with Crippen molar-refractivity contribution in [1.82, 2.24) is 10.6 Å². The molecule has 0 fully saturated rings. The number of hydrogen-bond donors (Lipinski definition) is 3. The normalized spacial score (nSPS) is 14.2. The Hall–Kier alpha value is -2.41. The van der Waals surface area contributed by atoms with E-state index in [2.05, 4.69) is 22.0 Å². The topological polar surface area (TPSA) is 96.3 Å². The Morgan fingerprint density at radius 2 is 2.19 bits per heavy atom. The number of carbonyl (C=O) groups excluding carboxylic acids is 1. The smallest absolute Gasteiger partial charge is 0.292 e. The minimum absolute atomic E-state index is 0.0103. The number of nitrogens with zero attached hydrogens (tertiary/aromatic N) is 1. The van der Waals surface area contributed by atoms with Crippen molar-refractivity contribution in [2.45, 2.75) is 6.42 Å². The molecule has 7 heteroatoms. The fourth-order valence-electron chi connectivity index (χ4n) is 2.06. The van der Waals surface area contributed by atoms with Gasteiger partial charge in [-0.25, -0.2) is 0 Å². The van der Waals surface area contributed by atoms with Crippen molar-refractivity contribution in [1.29, 1.82) is 0 Å². The van der Waals surface area contributed by atoms with Gasteiger partial charge in [-0.2, -0.15) is 0 Å². The van der Waals surface area contributed by atoms with Gasteiger partial charge in [-0.05, 0) is 19.0 Å². The van der Waals surface area contributed by atoms with Crippen LogP contribution < -0.4 is 16.0 Å². The maximum Gasteiger partial charge on any atom is 0.292 e. The summed E-state index contributed by atoms with van der Waals surface area (Å²) in [6, 6.07) is 6.26. The molecule has 1 amide bonds. The van der Waals surface area contributed by atoms with E-state index < -0.39 is 4.92 Å². The maximum absolute atomic E-state index is 11.8. The molecule has 0 bridgehead atoms. The molecule has 0 atom stereocenters. The number of carbonyl (C=O) groups is 1. The Kier molecular flexibility index (Phi) is 5.28. The van der Waals surface area contributed by atoms with E-state index in [9.17, 15) is 14.9 Å². The van der Waals surface area contributed by atoms with E-state index in [1.807, 2.05) is 0 Å². The van der Waals surface area contributed by atoms with E-state index in [1.165, 1.54) is 11.6 Å². The van der Waals surface area contributed by atoms with Crippen LogP contribution >= 0.6 is 0 Å². The first-order valence-electron chi connectivity index (χ1n) is 6.79. The number of anilines is 1. The quantitative estimate of drug-likeness (QED) is 0.413. The fraction of sp³-hybridized carbons (Fsp3) is 0.357. The average Bonchev–Trinajstić information content (AvgIpc) is 2.52. The molecule has 21 heavy (non-hydrogen) atoms. The standard InChI is InChI=1S/C14H18N4O3/c19-14(17-9-11-5-7-15-8-6-11)10-16-12-3-1-2-4-13(12)18(20)21/h1-5,15-16H,6-10H2,(H,17,19). The van der Waals surface area contributed by atoms with Crippen molar-refractivity contribution in [3.63, 3.8) is 0 Å². The molecule has 1 aromatic carbocycles. The van der Waals surface area contributed by atoms with Gasteiger partial charge in [-0.15, -0.1) is 0 Å². The van der Waals surface area contributed by atoms with Crippen molar-refractivity contribution < 1.29 is 9.72 Å². The highest BCUT2D eigenvalue weighted by Crippen LogP contribution is 2.22. The summed E-state index contributed by atoms with van der Waals surface area (Å²) in [6.45, 7) is 2.30. The number of benzene rings is 1. The lowest BCUT2D eigenvalue weighted by Crippen LogP contribution is -2.33. The molecule has 2 rings (SSSR count). The number of nitro groups is 1. The molecule has 112 valence electrons. The van der Waals surface area contributed by atoms with Gasteiger partial charge >= 0.3 is 0 Å². The van der Waals surface area contributed by atoms with E-state index in [4.69, 9.17) is 0 Å². The van der Waals surface area contributed by atoms with Crippen molar-refractivity contribution in [2.75, 3.05) is 31.5 Å². The Bertz CT molecular complexity index is 557. The third-order valence-electron chi connectivity index (χ3n) is 3.21. The third-order valence-corrected chi connectivity index (χ3v) is 3.21. The summed E-state index contributed by atoms with van der Waals surface area (Å²) in [5, 5.41) is 19.7. The zero-order valence-electron chi connectivity index (χ0n) is 11.6. The molecule has 0 spiro atoms.